The number of rotatable bonds is 8. The molecule has 0 aliphatic carbocycles. The predicted octanol–water partition coefficient (Wildman–Crippen LogP) is 4.72. The van der Waals surface area contributed by atoms with Crippen LogP contribution in [0.25, 0.3) is 0 Å². The lowest BCUT2D eigenvalue weighted by atomic mass is 10.1. The molecule has 0 fully saturated rings. The Morgan fingerprint density at radius 2 is 1.52 bits per heavy atom. The van der Waals surface area contributed by atoms with Crippen molar-refractivity contribution in [1.29, 1.82) is 0 Å². The molecule has 3 rings (SSSR count). The minimum atomic E-state index is -4.00. The van der Waals surface area contributed by atoms with Crippen molar-refractivity contribution in [1.82, 2.24) is 0 Å². The zero-order valence-electron chi connectivity index (χ0n) is 17.4. The van der Waals surface area contributed by atoms with Crippen LogP contribution in [0.4, 0.5) is 28.4 Å². The maximum absolute atomic E-state index is 11.5. The molecule has 8 heteroatoms. The molecule has 1 amide bonds. The second-order valence-corrected chi connectivity index (χ2v) is 8.73. The van der Waals surface area contributed by atoms with Gasteiger partial charge < -0.3 is 15.5 Å². The van der Waals surface area contributed by atoms with Crippen molar-refractivity contribution in [2.45, 2.75) is 13.8 Å². The largest absolute Gasteiger partial charge is 0.384 e. The summed E-state index contributed by atoms with van der Waals surface area (Å²) in [5.74, 6) is -0.500. The highest BCUT2D eigenvalue weighted by molar-refractivity contribution is 7.85. The van der Waals surface area contributed by atoms with E-state index in [4.69, 9.17) is 4.55 Å². The average Bonchev–Trinajstić information content (AvgIpc) is 2.70. The Morgan fingerprint density at radius 1 is 0.903 bits per heavy atom. The molecular formula is C23H25N3O4S. The van der Waals surface area contributed by atoms with Gasteiger partial charge in [-0.05, 0) is 61.5 Å². The van der Waals surface area contributed by atoms with Crippen molar-refractivity contribution in [3.63, 3.8) is 0 Å². The first kappa shape index (κ1) is 22.3. The monoisotopic (exact) mass is 439 g/mol. The maximum Gasteiger partial charge on any atom is 0.266 e. The minimum Gasteiger partial charge on any atom is -0.384 e. The predicted molar refractivity (Wildman–Crippen MR) is 125 cm³/mol. The SMILES string of the molecule is CC(=O)Nc1cccc(N(c2ccc(C)cc2)c2ccc(NCCS(=O)(=O)O)cc2)c1. The Morgan fingerprint density at radius 3 is 2.10 bits per heavy atom. The smallest absolute Gasteiger partial charge is 0.266 e. The van der Waals surface area contributed by atoms with E-state index in [1.165, 1.54) is 6.92 Å². The lowest BCUT2D eigenvalue weighted by Gasteiger charge is -2.26. The van der Waals surface area contributed by atoms with Crippen molar-refractivity contribution in [2.75, 3.05) is 27.8 Å². The van der Waals surface area contributed by atoms with Crippen molar-refractivity contribution >= 4 is 44.5 Å². The number of benzene rings is 3. The molecule has 0 atom stereocenters. The van der Waals surface area contributed by atoms with Crippen LogP contribution in [-0.2, 0) is 14.9 Å². The summed E-state index contributed by atoms with van der Waals surface area (Å²) in [5.41, 5.74) is 5.31. The van der Waals surface area contributed by atoms with E-state index in [-0.39, 0.29) is 18.2 Å². The van der Waals surface area contributed by atoms with E-state index in [1.54, 1.807) is 0 Å². The molecular weight excluding hydrogens is 414 g/mol. The lowest BCUT2D eigenvalue weighted by molar-refractivity contribution is -0.114. The number of aryl methyl sites for hydroxylation is 1. The van der Waals surface area contributed by atoms with Crippen LogP contribution in [0.5, 0.6) is 0 Å². The molecule has 0 saturated heterocycles. The number of anilines is 5. The van der Waals surface area contributed by atoms with Crippen LogP contribution in [0.15, 0.2) is 72.8 Å². The third-order valence-corrected chi connectivity index (χ3v) is 5.25. The molecule has 0 aromatic heterocycles. The molecule has 0 aliphatic rings. The number of carbonyl (C=O) groups excluding carboxylic acids is 1. The first-order chi connectivity index (χ1) is 14.7. The highest BCUT2D eigenvalue weighted by Gasteiger charge is 2.13. The van der Waals surface area contributed by atoms with Gasteiger partial charge in [-0.15, -0.1) is 0 Å². The molecule has 0 aliphatic heterocycles. The Balaban J connectivity index is 1.92. The number of nitrogens with one attached hydrogen (secondary N) is 2. The number of hydrogen-bond donors (Lipinski definition) is 3. The number of hydrogen-bond acceptors (Lipinski definition) is 5. The molecule has 7 nitrogen and oxygen atoms in total. The molecule has 0 unspecified atom stereocenters. The Bertz CT molecular complexity index is 1140. The summed E-state index contributed by atoms with van der Waals surface area (Å²) >= 11 is 0. The van der Waals surface area contributed by atoms with E-state index in [0.717, 1.165) is 28.3 Å². The van der Waals surface area contributed by atoms with Gasteiger partial charge in [0, 0.05) is 41.9 Å². The molecule has 3 N–H and O–H groups in total. The summed E-state index contributed by atoms with van der Waals surface area (Å²) < 4.78 is 30.6. The summed E-state index contributed by atoms with van der Waals surface area (Å²) in [5, 5.41) is 5.79. The zero-order valence-corrected chi connectivity index (χ0v) is 18.2. The molecule has 0 spiro atoms. The second kappa shape index (κ2) is 9.63. The number of amides is 1. The van der Waals surface area contributed by atoms with E-state index >= 15 is 0 Å². The topological polar surface area (TPSA) is 98.7 Å². The fourth-order valence-corrected chi connectivity index (χ4v) is 3.48. The van der Waals surface area contributed by atoms with Crippen LogP contribution in [-0.4, -0.2) is 31.2 Å². The van der Waals surface area contributed by atoms with Gasteiger partial charge in [-0.2, -0.15) is 8.42 Å². The summed E-state index contributed by atoms with van der Waals surface area (Å²) in [4.78, 5) is 13.5. The summed E-state index contributed by atoms with van der Waals surface area (Å²) in [6.45, 7) is 3.61. The maximum atomic E-state index is 11.5. The normalized spacial score (nSPS) is 11.1. The van der Waals surface area contributed by atoms with Gasteiger partial charge in [0.25, 0.3) is 10.1 Å². The zero-order chi connectivity index (χ0) is 22.4. The van der Waals surface area contributed by atoms with Crippen molar-refractivity contribution in [3.8, 4) is 0 Å². The first-order valence-electron chi connectivity index (χ1n) is 9.75. The Labute approximate surface area is 182 Å². The summed E-state index contributed by atoms with van der Waals surface area (Å²) in [6, 6.07) is 23.2. The van der Waals surface area contributed by atoms with Crippen LogP contribution >= 0.6 is 0 Å². The lowest BCUT2D eigenvalue weighted by Crippen LogP contribution is -2.15. The van der Waals surface area contributed by atoms with Gasteiger partial charge in [-0.25, -0.2) is 0 Å². The van der Waals surface area contributed by atoms with Gasteiger partial charge in [-0.1, -0.05) is 23.8 Å². The number of carbonyl (C=O) groups is 1. The van der Waals surface area contributed by atoms with E-state index in [2.05, 4.69) is 15.5 Å². The van der Waals surface area contributed by atoms with Crippen LogP contribution in [0, 0.1) is 6.92 Å². The summed E-state index contributed by atoms with van der Waals surface area (Å²) in [6.07, 6.45) is 0. The van der Waals surface area contributed by atoms with Gasteiger partial charge in [0.15, 0.2) is 0 Å². The van der Waals surface area contributed by atoms with E-state index in [0.29, 0.717) is 5.69 Å². The highest BCUT2D eigenvalue weighted by Crippen LogP contribution is 2.36. The van der Waals surface area contributed by atoms with Gasteiger partial charge in [0.05, 0.1) is 5.75 Å². The molecule has 162 valence electrons. The van der Waals surface area contributed by atoms with E-state index in [9.17, 15) is 13.2 Å². The van der Waals surface area contributed by atoms with Crippen molar-refractivity contribution < 1.29 is 17.8 Å². The highest BCUT2D eigenvalue weighted by atomic mass is 32.2. The van der Waals surface area contributed by atoms with Gasteiger partial charge in [0.2, 0.25) is 5.91 Å². The molecule has 0 saturated carbocycles. The molecule has 31 heavy (non-hydrogen) atoms. The van der Waals surface area contributed by atoms with Crippen molar-refractivity contribution in [2.24, 2.45) is 0 Å². The van der Waals surface area contributed by atoms with Gasteiger partial charge >= 0.3 is 0 Å². The fraction of sp³-hybridized carbons (Fsp3) is 0.174. The molecule has 3 aromatic rings. The van der Waals surface area contributed by atoms with E-state index in [1.807, 2.05) is 79.7 Å². The minimum absolute atomic E-state index is 0.110. The first-order valence-corrected chi connectivity index (χ1v) is 11.4. The van der Waals surface area contributed by atoms with Gasteiger partial charge in [-0.3, -0.25) is 9.35 Å². The average molecular weight is 440 g/mol. The summed E-state index contributed by atoms with van der Waals surface area (Å²) in [7, 11) is -4.00. The quantitative estimate of drug-likeness (QED) is 0.439. The third kappa shape index (κ3) is 6.56. The Hall–Kier alpha value is -3.36. The van der Waals surface area contributed by atoms with Crippen LogP contribution in [0.1, 0.15) is 12.5 Å². The third-order valence-electron chi connectivity index (χ3n) is 4.53. The molecule has 0 bridgehead atoms. The van der Waals surface area contributed by atoms with Crippen molar-refractivity contribution in [3.05, 3.63) is 78.4 Å². The van der Waals surface area contributed by atoms with Gasteiger partial charge in [0.1, 0.15) is 0 Å². The van der Waals surface area contributed by atoms with Crippen LogP contribution in [0.3, 0.4) is 0 Å². The van der Waals surface area contributed by atoms with Crippen LogP contribution < -0.4 is 15.5 Å². The number of nitrogens with zero attached hydrogens (tertiary/aromatic N) is 1. The second-order valence-electron chi connectivity index (χ2n) is 7.16. The standard InChI is InChI=1S/C23H25N3O4S/c1-17-6-10-21(11-7-17)26(23-5-3-4-20(16-23)25-18(2)27)22-12-8-19(9-13-22)24-14-15-31(28,29)30/h3-13,16,24H,14-15H2,1-2H3,(H,25,27)(H,28,29,30). The molecule has 0 heterocycles. The molecule has 3 aromatic carbocycles. The van der Waals surface area contributed by atoms with Crippen LogP contribution in [0.2, 0.25) is 0 Å². The van der Waals surface area contributed by atoms with E-state index < -0.39 is 10.1 Å². The fourth-order valence-electron chi connectivity index (χ4n) is 3.12. The molecule has 0 radical (unpaired) electrons. The Kier molecular flexibility index (Phi) is 6.94.